The van der Waals surface area contributed by atoms with Gasteiger partial charge in [0.15, 0.2) is 0 Å². The van der Waals surface area contributed by atoms with Gasteiger partial charge in [-0.1, -0.05) is 28.1 Å². The van der Waals surface area contributed by atoms with Crippen molar-refractivity contribution in [1.29, 1.82) is 0 Å². The molecule has 0 atom stereocenters. The number of aromatic nitrogens is 3. The van der Waals surface area contributed by atoms with E-state index in [9.17, 15) is 10.1 Å². The summed E-state index contributed by atoms with van der Waals surface area (Å²) in [5.41, 5.74) is 2.24. The second kappa shape index (κ2) is 6.57. The Morgan fingerprint density at radius 3 is 2.87 bits per heavy atom. The van der Waals surface area contributed by atoms with Gasteiger partial charge in [-0.3, -0.25) is 10.1 Å². The van der Waals surface area contributed by atoms with Crippen LogP contribution in [0.2, 0.25) is 0 Å². The summed E-state index contributed by atoms with van der Waals surface area (Å²) in [7, 11) is 0. The molecule has 0 aliphatic carbocycles. The number of nitro benzene ring substituents is 1. The van der Waals surface area contributed by atoms with Crippen LogP contribution in [-0.4, -0.2) is 19.7 Å². The van der Waals surface area contributed by atoms with Gasteiger partial charge in [-0.25, -0.2) is 9.67 Å². The molecular weight excluding hydrogens is 362 g/mol. The van der Waals surface area contributed by atoms with Crippen molar-refractivity contribution in [3.63, 3.8) is 0 Å². The highest BCUT2D eigenvalue weighted by Crippen LogP contribution is 2.30. The van der Waals surface area contributed by atoms with Crippen molar-refractivity contribution in [3.8, 4) is 0 Å². The standard InChI is InChI=1S/C15H12BrN5O2/c16-12-4-5-14(15(7-12)21(22)23)19-13-3-1-2-11(6-13)8-20-10-17-9-18-20/h1-7,9-10,19H,8H2. The van der Waals surface area contributed by atoms with E-state index in [2.05, 4.69) is 31.3 Å². The topological polar surface area (TPSA) is 85.9 Å². The average molecular weight is 374 g/mol. The van der Waals surface area contributed by atoms with Crippen LogP contribution in [0, 0.1) is 10.1 Å². The lowest BCUT2D eigenvalue weighted by atomic mass is 10.2. The quantitative estimate of drug-likeness (QED) is 0.543. The molecule has 0 radical (unpaired) electrons. The lowest BCUT2D eigenvalue weighted by molar-refractivity contribution is -0.384. The van der Waals surface area contributed by atoms with E-state index in [0.717, 1.165) is 11.3 Å². The van der Waals surface area contributed by atoms with E-state index < -0.39 is 4.92 Å². The molecule has 0 aliphatic rings. The summed E-state index contributed by atoms with van der Waals surface area (Å²) >= 11 is 3.25. The van der Waals surface area contributed by atoms with Gasteiger partial charge < -0.3 is 5.32 Å². The SMILES string of the molecule is O=[N+]([O-])c1cc(Br)ccc1Nc1cccc(Cn2cncn2)c1. The zero-order chi connectivity index (χ0) is 16.2. The summed E-state index contributed by atoms with van der Waals surface area (Å²) in [6, 6.07) is 12.5. The fraction of sp³-hybridized carbons (Fsp3) is 0.0667. The number of nitro groups is 1. The Kier molecular flexibility index (Phi) is 4.33. The van der Waals surface area contributed by atoms with Crippen LogP contribution in [0.3, 0.4) is 0 Å². The molecule has 3 aromatic rings. The number of halogens is 1. The second-order valence-corrected chi connectivity index (χ2v) is 5.75. The summed E-state index contributed by atoms with van der Waals surface area (Å²) in [6.07, 6.45) is 3.12. The number of hydrogen-bond donors (Lipinski definition) is 1. The third-order valence-corrected chi connectivity index (χ3v) is 3.67. The van der Waals surface area contributed by atoms with Crippen LogP contribution < -0.4 is 5.32 Å². The highest BCUT2D eigenvalue weighted by Gasteiger charge is 2.14. The highest BCUT2D eigenvalue weighted by atomic mass is 79.9. The van der Waals surface area contributed by atoms with Gasteiger partial charge in [-0.2, -0.15) is 5.10 Å². The van der Waals surface area contributed by atoms with Crippen molar-refractivity contribution >= 4 is 33.0 Å². The van der Waals surface area contributed by atoms with Crippen molar-refractivity contribution in [2.45, 2.75) is 6.54 Å². The van der Waals surface area contributed by atoms with Crippen LogP contribution >= 0.6 is 15.9 Å². The van der Waals surface area contributed by atoms with Gasteiger partial charge in [-0.15, -0.1) is 0 Å². The number of nitrogens with one attached hydrogen (secondary N) is 1. The van der Waals surface area contributed by atoms with Crippen LogP contribution in [0.4, 0.5) is 17.1 Å². The second-order valence-electron chi connectivity index (χ2n) is 4.84. The molecule has 0 aliphatic heterocycles. The lowest BCUT2D eigenvalue weighted by Gasteiger charge is -2.09. The van der Waals surface area contributed by atoms with Gasteiger partial charge in [0.2, 0.25) is 0 Å². The van der Waals surface area contributed by atoms with Gasteiger partial charge in [0.1, 0.15) is 18.3 Å². The maximum atomic E-state index is 11.2. The summed E-state index contributed by atoms with van der Waals surface area (Å²) < 4.78 is 2.37. The first-order chi connectivity index (χ1) is 11.1. The van der Waals surface area contributed by atoms with Crippen LogP contribution in [0.5, 0.6) is 0 Å². The number of rotatable bonds is 5. The van der Waals surface area contributed by atoms with Crippen molar-refractivity contribution in [2.75, 3.05) is 5.32 Å². The Labute approximate surface area is 140 Å². The highest BCUT2D eigenvalue weighted by molar-refractivity contribution is 9.10. The molecular formula is C15H12BrN5O2. The minimum Gasteiger partial charge on any atom is -0.350 e. The van der Waals surface area contributed by atoms with Gasteiger partial charge in [0.05, 0.1) is 11.5 Å². The largest absolute Gasteiger partial charge is 0.350 e. The summed E-state index contributed by atoms with van der Waals surface area (Å²) in [6.45, 7) is 0.581. The maximum absolute atomic E-state index is 11.2. The predicted octanol–water partition coefficient (Wildman–Crippen LogP) is 3.74. The Morgan fingerprint density at radius 1 is 1.26 bits per heavy atom. The average Bonchev–Trinajstić information content (AvgIpc) is 3.02. The van der Waals surface area contributed by atoms with Crippen molar-refractivity contribution in [2.24, 2.45) is 0 Å². The molecule has 0 saturated heterocycles. The summed E-state index contributed by atoms with van der Waals surface area (Å²) in [4.78, 5) is 14.7. The van der Waals surface area contributed by atoms with Gasteiger partial charge >= 0.3 is 0 Å². The fourth-order valence-electron chi connectivity index (χ4n) is 2.17. The molecule has 0 amide bonds. The van der Waals surface area contributed by atoms with Crippen LogP contribution in [-0.2, 0) is 6.54 Å². The van der Waals surface area contributed by atoms with E-state index >= 15 is 0 Å². The molecule has 3 rings (SSSR count). The molecule has 0 spiro atoms. The molecule has 0 unspecified atom stereocenters. The van der Waals surface area contributed by atoms with Gasteiger partial charge in [0, 0.05) is 16.2 Å². The minimum absolute atomic E-state index is 0.0149. The van der Waals surface area contributed by atoms with E-state index in [4.69, 9.17) is 0 Å². The van der Waals surface area contributed by atoms with E-state index in [1.54, 1.807) is 23.1 Å². The molecule has 8 heteroatoms. The van der Waals surface area contributed by atoms with Crippen LogP contribution in [0.25, 0.3) is 0 Å². The molecule has 2 aromatic carbocycles. The van der Waals surface area contributed by atoms with Crippen molar-refractivity contribution < 1.29 is 4.92 Å². The first-order valence-corrected chi connectivity index (χ1v) is 7.53. The zero-order valence-electron chi connectivity index (χ0n) is 11.9. The smallest absolute Gasteiger partial charge is 0.293 e. The third kappa shape index (κ3) is 3.72. The maximum Gasteiger partial charge on any atom is 0.293 e. The Balaban J connectivity index is 1.85. The molecule has 0 saturated carbocycles. The predicted molar refractivity (Wildman–Crippen MR) is 89.6 cm³/mol. The molecule has 1 N–H and O–H groups in total. The molecule has 7 nitrogen and oxygen atoms in total. The minimum atomic E-state index is -0.410. The number of benzene rings is 2. The van der Waals surface area contributed by atoms with E-state index in [0.29, 0.717) is 16.7 Å². The Bertz CT molecular complexity index is 836. The lowest BCUT2D eigenvalue weighted by Crippen LogP contribution is -2.01. The van der Waals surface area contributed by atoms with Crippen molar-refractivity contribution in [1.82, 2.24) is 14.8 Å². The Hall–Kier alpha value is -2.74. The first-order valence-electron chi connectivity index (χ1n) is 6.74. The molecule has 1 heterocycles. The van der Waals surface area contributed by atoms with Gasteiger partial charge in [0.25, 0.3) is 5.69 Å². The monoisotopic (exact) mass is 373 g/mol. The van der Waals surface area contributed by atoms with E-state index in [-0.39, 0.29) is 5.69 Å². The van der Waals surface area contributed by atoms with Crippen LogP contribution in [0.15, 0.2) is 59.6 Å². The van der Waals surface area contributed by atoms with E-state index in [1.807, 2.05) is 24.3 Å². The van der Waals surface area contributed by atoms with Gasteiger partial charge in [-0.05, 0) is 29.8 Å². The summed E-state index contributed by atoms with van der Waals surface area (Å²) in [5.74, 6) is 0. The fourth-order valence-corrected chi connectivity index (χ4v) is 2.51. The van der Waals surface area contributed by atoms with E-state index in [1.165, 1.54) is 12.4 Å². The molecule has 0 fully saturated rings. The normalized spacial score (nSPS) is 10.5. The number of nitrogens with zero attached hydrogens (tertiary/aromatic N) is 4. The Morgan fingerprint density at radius 2 is 2.13 bits per heavy atom. The van der Waals surface area contributed by atoms with Crippen LogP contribution in [0.1, 0.15) is 5.56 Å². The first kappa shape index (κ1) is 15.2. The van der Waals surface area contributed by atoms with Crippen molar-refractivity contribution in [3.05, 3.63) is 75.3 Å². The number of hydrogen-bond acceptors (Lipinski definition) is 5. The molecule has 116 valence electrons. The third-order valence-electron chi connectivity index (χ3n) is 3.17. The zero-order valence-corrected chi connectivity index (χ0v) is 13.5. The summed E-state index contributed by atoms with van der Waals surface area (Å²) in [5, 5.41) is 18.3. The molecule has 0 bridgehead atoms. The molecule has 1 aromatic heterocycles. The molecule has 23 heavy (non-hydrogen) atoms. The number of anilines is 2.